The van der Waals surface area contributed by atoms with Gasteiger partial charge in [0.25, 0.3) is 0 Å². The fourth-order valence-electron chi connectivity index (χ4n) is 1.06. The Kier molecular flexibility index (Phi) is 11.2. The Morgan fingerprint density at radius 3 is 1.67 bits per heavy atom. The summed E-state index contributed by atoms with van der Waals surface area (Å²) in [4.78, 5) is -1.10. The van der Waals surface area contributed by atoms with Gasteiger partial charge in [0.05, 0.1) is 9.79 Å². The van der Waals surface area contributed by atoms with Gasteiger partial charge in [0.15, 0.2) is 0 Å². The predicted octanol–water partition coefficient (Wildman–Crippen LogP) is -5.55. The van der Waals surface area contributed by atoms with Gasteiger partial charge in [-0.15, -0.1) is 0 Å². The smallest absolute Gasteiger partial charge is 0.744 e. The summed E-state index contributed by atoms with van der Waals surface area (Å²) >= 11 is 0. The number of hydrogen-bond donors (Lipinski definition) is 0. The average molecular weight is 312 g/mol. The molecule has 0 amide bonds. The summed E-state index contributed by atoms with van der Waals surface area (Å²) in [6, 6.07) is 2.45. The molecule has 10 heteroatoms. The molecule has 0 aliphatic rings. The third-order valence-corrected chi connectivity index (χ3v) is 3.53. The number of rotatable bonds is 2. The predicted molar refractivity (Wildman–Crippen MR) is 53.8 cm³/mol. The van der Waals surface area contributed by atoms with Crippen LogP contribution in [0, 0.1) is 6.92 Å². The molecule has 0 saturated heterocycles. The van der Waals surface area contributed by atoms with Crippen LogP contribution in [0.25, 0.3) is 0 Å². The van der Waals surface area contributed by atoms with Gasteiger partial charge in [-0.2, -0.15) is 0 Å². The summed E-state index contributed by atoms with van der Waals surface area (Å²) in [5.41, 5.74) is -0.0677. The van der Waals surface area contributed by atoms with E-state index < -0.39 is 30.0 Å². The molecule has 0 heterocycles. The molecule has 0 spiro atoms. The molecule has 0 aromatic heterocycles. The zero-order valence-corrected chi connectivity index (χ0v) is 15.1. The summed E-state index contributed by atoms with van der Waals surface area (Å²) in [7, 11) is -9.28. The van der Waals surface area contributed by atoms with Crippen LogP contribution in [0.2, 0.25) is 0 Å². The van der Waals surface area contributed by atoms with E-state index in [1.807, 2.05) is 0 Å². The van der Waals surface area contributed by atoms with E-state index in [0.717, 1.165) is 18.2 Å². The van der Waals surface area contributed by atoms with E-state index in [1.165, 1.54) is 6.92 Å². The Labute approximate surface area is 151 Å². The zero-order chi connectivity index (χ0) is 11.9. The molecule has 0 fully saturated rings. The monoisotopic (exact) mass is 312 g/mol. The van der Waals surface area contributed by atoms with Crippen molar-refractivity contribution < 1.29 is 85.1 Å². The second-order valence-electron chi connectivity index (χ2n) is 2.84. The van der Waals surface area contributed by atoms with E-state index in [1.54, 1.807) is 0 Å². The van der Waals surface area contributed by atoms with Crippen molar-refractivity contribution in [3.63, 3.8) is 0 Å². The third kappa shape index (κ3) is 6.47. The van der Waals surface area contributed by atoms with E-state index in [9.17, 15) is 25.9 Å². The number of hydrogen-bond acceptors (Lipinski definition) is 6. The van der Waals surface area contributed by atoms with Crippen LogP contribution in [-0.2, 0) is 20.2 Å². The van der Waals surface area contributed by atoms with Crippen LogP contribution in [0.1, 0.15) is 13.0 Å². The van der Waals surface area contributed by atoms with Crippen molar-refractivity contribution in [3.05, 3.63) is 23.8 Å². The zero-order valence-electron chi connectivity index (χ0n) is 9.50. The van der Waals surface area contributed by atoms with Gasteiger partial charge in [0, 0.05) is 0 Å². The van der Waals surface area contributed by atoms with E-state index in [0.29, 0.717) is 0 Å². The summed E-state index contributed by atoms with van der Waals surface area (Å²) in [5, 5.41) is 0. The van der Waals surface area contributed by atoms with Crippen LogP contribution in [0.5, 0.6) is 0 Å². The first-order valence-corrected chi connectivity index (χ1v) is 6.46. The standard InChI is InChI=1S/C7H8O6S2.CH4.2Na/c1-5-4-6(14(8,9)10)2-3-7(5)15(11,12)13;;;/h2-4H,1H3,(H,8,9,10)(H,11,12,13);1H4;;/q;;2*+1/p-2. The van der Waals surface area contributed by atoms with Crippen LogP contribution in [0.4, 0.5) is 0 Å². The quantitative estimate of drug-likeness (QED) is 0.397. The first-order chi connectivity index (χ1) is 6.62. The van der Waals surface area contributed by atoms with E-state index in [4.69, 9.17) is 0 Å². The molecule has 1 aromatic rings. The molecule has 0 aliphatic carbocycles. The maximum atomic E-state index is 10.6. The van der Waals surface area contributed by atoms with Gasteiger partial charge in [0.2, 0.25) is 0 Å². The number of aryl methyl sites for hydroxylation is 1. The fraction of sp³-hybridized carbons (Fsp3) is 0.250. The molecule has 6 nitrogen and oxygen atoms in total. The topological polar surface area (TPSA) is 114 Å². The minimum absolute atomic E-state index is 0. The molecular formula is C8H10Na2O6S2. The Morgan fingerprint density at radius 1 is 0.944 bits per heavy atom. The molecule has 0 atom stereocenters. The Morgan fingerprint density at radius 2 is 1.39 bits per heavy atom. The molecule has 0 aliphatic heterocycles. The molecule has 1 rings (SSSR count). The average Bonchev–Trinajstić information content (AvgIpc) is 1.99. The molecule has 0 bridgehead atoms. The van der Waals surface area contributed by atoms with Crippen LogP contribution in [0.15, 0.2) is 28.0 Å². The van der Waals surface area contributed by atoms with Gasteiger partial charge >= 0.3 is 59.1 Å². The van der Waals surface area contributed by atoms with Gasteiger partial charge in [-0.3, -0.25) is 0 Å². The first kappa shape index (κ1) is 24.1. The van der Waals surface area contributed by atoms with Crippen LogP contribution >= 0.6 is 0 Å². The molecule has 18 heavy (non-hydrogen) atoms. The molecule has 0 N–H and O–H groups in total. The molecular weight excluding hydrogens is 302 g/mol. The molecule has 0 radical (unpaired) electrons. The fourth-order valence-corrected chi connectivity index (χ4v) is 2.30. The Balaban J connectivity index is -0.000000750. The minimum Gasteiger partial charge on any atom is -0.744 e. The van der Waals surface area contributed by atoms with Crippen molar-refractivity contribution in [2.75, 3.05) is 0 Å². The van der Waals surface area contributed by atoms with Gasteiger partial charge in [-0.25, -0.2) is 16.8 Å². The van der Waals surface area contributed by atoms with E-state index in [-0.39, 0.29) is 72.1 Å². The van der Waals surface area contributed by atoms with Crippen molar-refractivity contribution in [1.29, 1.82) is 0 Å². The maximum Gasteiger partial charge on any atom is 1.00 e. The largest absolute Gasteiger partial charge is 1.00 e. The van der Waals surface area contributed by atoms with E-state index in [2.05, 4.69) is 0 Å². The van der Waals surface area contributed by atoms with Crippen molar-refractivity contribution >= 4 is 20.2 Å². The van der Waals surface area contributed by atoms with Gasteiger partial charge in [-0.1, -0.05) is 7.43 Å². The van der Waals surface area contributed by atoms with Crippen LogP contribution in [-0.4, -0.2) is 25.9 Å². The maximum absolute atomic E-state index is 10.6. The molecule has 92 valence electrons. The molecule has 0 saturated carbocycles. The Bertz CT molecular complexity index is 594. The van der Waals surface area contributed by atoms with Crippen molar-refractivity contribution in [3.8, 4) is 0 Å². The van der Waals surface area contributed by atoms with Gasteiger partial charge < -0.3 is 9.11 Å². The van der Waals surface area contributed by atoms with Crippen LogP contribution in [0.3, 0.4) is 0 Å². The number of benzene rings is 1. The van der Waals surface area contributed by atoms with Gasteiger partial charge in [0.1, 0.15) is 20.2 Å². The van der Waals surface area contributed by atoms with Crippen LogP contribution < -0.4 is 59.1 Å². The van der Waals surface area contributed by atoms with Crippen molar-refractivity contribution in [1.82, 2.24) is 0 Å². The molecule has 1 aromatic carbocycles. The van der Waals surface area contributed by atoms with Crippen molar-refractivity contribution in [2.24, 2.45) is 0 Å². The Hall–Kier alpha value is 1.04. The minimum atomic E-state index is -4.64. The SMILES string of the molecule is C.Cc1cc(S(=O)(=O)[O-])ccc1S(=O)(=O)[O-].[Na+].[Na+]. The van der Waals surface area contributed by atoms with Crippen molar-refractivity contribution in [2.45, 2.75) is 24.1 Å². The second-order valence-corrected chi connectivity index (χ2v) is 5.56. The molecule has 0 unspecified atom stereocenters. The van der Waals surface area contributed by atoms with E-state index >= 15 is 0 Å². The summed E-state index contributed by atoms with van der Waals surface area (Å²) in [5.74, 6) is 0. The summed E-state index contributed by atoms with van der Waals surface area (Å²) in [6.07, 6.45) is 0. The van der Waals surface area contributed by atoms with Gasteiger partial charge in [-0.05, 0) is 30.7 Å². The third-order valence-electron chi connectivity index (χ3n) is 1.70. The summed E-state index contributed by atoms with van der Waals surface area (Å²) in [6.45, 7) is 1.24. The normalized spacial score (nSPS) is 10.6. The second kappa shape index (κ2) is 8.35. The first-order valence-electron chi connectivity index (χ1n) is 3.65. The summed E-state index contributed by atoms with van der Waals surface area (Å²) < 4.78 is 63.6.